The molecule has 0 spiro atoms. The second-order valence-electron chi connectivity index (χ2n) is 1.97. The van der Waals surface area contributed by atoms with Gasteiger partial charge in [-0.1, -0.05) is 13.8 Å². The van der Waals surface area contributed by atoms with Crippen LogP contribution in [0.3, 0.4) is 0 Å². The molecule has 0 aromatic rings. The van der Waals surface area contributed by atoms with Gasteiger partial charge in [0.1, 0.15) is 0 Å². The topological polar surface area (TPSA) is 49.5 Å². The molecule has 0 amide bonds. The van der Waals surface area contributed by atoms with Gasteiger partial charge in [0.05, 0.1) is 12.8 Å². The van der Waals surface area contributed by atoms with E-state index in [2.05, 4.69) is 0 Å². The minimum Gasteiger partial charge on any atom is -0.393 e. The van der Waals surface area contributed by atoms with E-state index in [-0.39, 0.29) is 12.8 Å². The smallest absolute Gasteiger partial charge is 0.0810 e. The van der Waals surface area contributed by atoms with E-state index in [0.29, 0.717) is 0 Å². The Morgan fingerprint density at radius 3 is 2.00 bits per heavy atom. The Bertz CT molecular complexity index is 64.1. The minimum absolute atomic E-state index is 0.0433. The van der Waals surface area contributed by atoms with Gasteiger partial charge in [-0.3, -0.25) is 4.90 Å². The summed E-state index contributed by atoms with van der Waals surface area (Å²) in [5.74, 6) is 0. The summed E-state index contributed by atoms with van der Waals surface area (Å²) in [6, 6.07) is 0. The van der Waals surface area contributed by atoms with E-state index in [4.69, 9.17) is 10.8 Å². The number of aliphatic hydroxyl groups is 1. The van der Waals surface area contributed by atoms with Crippen molar-refractivity contribution in [2.24, 2.45) is 5.73 Å². The Kier molecular flexibility index (Phi) is 4.67. The molecule has 0 heterocycles. The van der Waals surface area contributed by atoms with Gasteiger partial charge in [-0.05, 0) is 13.1 Å². The van der Waals surface area contributed by atoms with Crippen molar-refractivity contribution in [2.45, 2.75) is 20.0 Å². The largest absolute Gasteiger partial charge is 0.393 e. The van der Waals surface area contributed by atoms with Crippen LogP contribution >= 0.6 is 0 Å². The number of hydrogen-bond acceptors (Lipinski definition) is 3. The molecule has 0 aromatic carbocycles. The van der Waals surface area contributed by atoms with E-state index in [1.165, 1.54) is 0 Å². The Labute approximate surface area is 56.5 Å². The highest BCUT2D eigenvalue weighted by molar-refractivity contribution is 4.59. The van der Waals surface area contributed by atoms with Gasteiger partial charge >= 0.3 is 0 Å². The Balaban J connectivity index is 3.50. The summed E-state index contributed by atoms with van der Waals surface area (Å²) in [5.41, 5.74) is 5.51. The first-order valence-corrected chi connectivity index (χ1v) is 3.36. The predicted octanol–water partition coefficient (Wildman–Crippen LogP) is -0.395. The van der Waals surface area contributed by atoms with Crippen LogP contribution in [-0.2, 0) is 0 Å². The second-order valence-corrected chi connectivity index (χ2v) is 1.97. The third-order valence-corrected chi connectivity index (χ3v) is 1.47. The lowest BCUT2D eigenvalue weighted by Gasteiger charge is -2.23. The number of likely N-dealkylation sites (N-methyl/N-ethyl adjacent to an activating group) is 1. The summed E-state index contributed by atoms with van der Waals surface area (Å²) in [6.45, 7) is 5.90. The third-order valence-electron chi connectivity index (χ3n) is 1.47. The van der Waals surface area contributed by atoms with Gasteiger partial charge in [-0.15, -0.1) is 0 Å². The highest BCUT2D eigenvalue weighted by Crippen LogP contribution is 1.89. The molecule has 3 N–H and O–H groups in total. The van der Waals surface area contributed by atoms with Crippen LogP contribution in [0.1, 0.15) is 13.8 Å². The second kappa shape index (κ2) is 4.73. The van der Waals surface area contributed by atoms with E-state index in [0.717, 1.165) is 13.1 Å². The zero-order valence-electron chi connectivity index (χ0n) is 6.17. The van der Waals surface area contributed by atoms with Crippen LogP contribution in [0, 0.1) is 0 Å². The standard InChI is InChI=1S/C6H16N2O/c1-3-8(4-2)6(7)5-9/h6,9H,3-5,7H2,1-2H3. The van der Waals surface area contributed by atoms with E-state index in [1.807, 2.05) is 18.7 Å². The summed E-state index contributed by atoms with van der Waals surface area (Å²) in [4.78, 5) is 2.00. The Morgan fingerprint density at radius 2 is 1.89 bits per heavy atom. The zero-order chi connectivity index (χ0) is 7.28. The van der Waals surface area contributed by atoms with Crippen molar-refractivity contribution in [3.05, 3.63) is 0 Å². The molecule has 0 aliphatic rings. The quantitative estimate of drug-likeness (QED) is 0.512. The van der Waals surface area contributed by atoms with Gasteiger partial charge in [0.15, 0.2) is 0 Å². The maximum absolute atomic E-state index is 8.60. The molecule has 56 valence electrons. The molecule has 0 aliphatic carbocycles. The van der Waals surface area contributed by atoms with Gasteiger partial charge in [-0.25, -0.2) is 0 Å². The van der Waals surface area contributed by atoms with Crippen molar-refractivity contribution in [1.82, 2.24) is 4.90 Å². The lowest BCUT2D eigenvalue weighted by molar-refractivity contribution is 0.137. The van der Waals surface area contributed by atoms with Crippen LogP contribution < -0.4 is 5.73 Å². The molecule has 0 bridgehead atoms. The van der Waals surface area contributed by atoms with Crippen molar-refractivity contribution in [1.29, 1.82) is 0 Å². The van der Waals surface area contributed by atoms with E-state index in [1.54, 1.807) is 0 Å². The van der Waals surface area contributed by atoms with Crippen LogP contribution in [-0.4, -0.2) is 35.9 Å². The fraction of sp³-hybridized carbons (Fsp3) is 1.00. The summed E-state index contributed by atoms with van der Waals surface area (Å²) in [6.07, 6.45) is -0.181. The van der Waals surface area contributed by atoms with Crippen molar-refractivity contribution in [3.63, 3.8) is 0 Å². The highest BCUT2D eigenvalue weighted by atomic mass is 16.3. The van der Waals surface area contributed by atoms with Crippen LogP contribution in [0.2, 0.25) is 0 Å². The number of aliphatic hydroxyl groups excluding tert-OH is 1. The van der Waals surface area contributed by atoms with Crippen LogP contribution in [0.15, 0.2) is 0 Å². The fourth-order valence-corrected chi connectivity index (χ4v) is 0.808. The third kappa shape index (κ3) is 2.79. The maximum atomic E-state index is 8.60. The number of rotatable bonds is 4. The van der Waals surface area contributed by atoms with Gasteiger partial charge in [0, 0.05) is 0 Å². The van der Waals surface area contributed by atoms with Gasteiger partial charge in [0.25, 0.3) is 0 Å². The molecule has 3 heteroatoms. The predicted molar refractivity (Wildman–Crippen MR) is 38.0 cm³/mol. The van der Waals surface area contributed by atoms with Crippen molar-refractivity contribution in [2.75, 3.05) is 19.7 Å². The molecule has 0 saturated heterocycles. The van der Waals surface area contributed by atoms with Gasteiger partial charge in [0.2, 0.25) is 0 Å². The lowest BCUT2D eigenvalue weighted by atomic mass is 10.4. The minimum atomic E-state index is -0.181. The number of hydrogen-bond donors (Lipinski definition) is 2. The first-order valence-electron chi connectivity index (χ1n) is 3.36. The van der Waals surface area contributed by atoms with Crippen molar-refractivity contribution >= 4 is 0 Å². The van der Waals surface area contributed by atoms with Gasteiger partial charge < -0.3 is 10.8 Å². The molecule has 0 rings (SSSR count). The summed E-state index contributed by atoms with van der Waals surface area (Å²) in [5, 5.41) is 8.60. The molecule has 0 fully saturated rings. The molecular formula is C6H16N2O. The lowest BCUT2D eigenvalue weighted by Crippen LogP contribution is -2.44. The molecule has 0 saturated carbocycles. The van der Waals surface area contributed by atoms with E-state index < -0.39 is 0 Å². The average molecular weight is 132 g/mol. The summed E-state index contributed by atoms with van der Waals surface area (Å²) < 4.78 is 0. The first kappa shape index (κ1) is 8.88. The van der Waals surface area contributed by atoms with Crippen molar-refractivity contribution < 1.29 is 5.11 Å². The normalized spacial score (nSPS) is 14.3. The highest BCUT2D eigenvalue weighted by Gasteiger charge is 2.06. The van der Waals surface area contributed by atoms with E-state index >= 15 is 0 Å². The van der Waals surface area contributed by atoms with Crippen LogP contribution in [0.5, 0.6) is 0 Å². The SMILES string of the molecule is CCN(CC)C(N)CO. The summed E-state index contributed by atoms with van der Waals surface area (Å²) >= 11 is 0. The fourth-order valence-electron chi connectivity index (χ4n) is 0.808. The van der Waals surface area contributed by atoms with E-state index in [9.17, 15) is 0 Å². The number of nitrogens with two attached hydrogens (primary N) is 1. The molecule has 3 nitrogen and oxygen atoms in total. The Morgan fingerprint density at radius 1 is 1.44 bits per heavy atom. The van der Waals surface area contributed by atoms with Crippen LogP contribution in [0.25, 0.3) is 0 Å². The first-order chi connectivity index (χ1) is 4.26. The van der Waals surface area contributed by atoms with Crippen molar-refractivity contribution in [3.8, 4) is 0 Å². The molecule has 9 heavy (non-hydrogen) atoms. The molecule has 1 unspecified atom stereocenters. The summed E-state index contributed by atoms with van der Waals surface area (Å²) in [7, 11) is 0. The molecule has 0 radical (unpaired) electrons. The zero-order valence-corrected chi connectivity index (χ0v) is 6.17. The monoisotopic (exact) mass is 132 g/mol. The average Bonchev–Trinajstić information content (AvgIpc) is 1.90. The molecular weight excluding hydrogens is 116 g/mol. The maximum Gasteiger partial charge on any atom is 0.0810 e. The van der Waals surface area contributed by atoms with Gasteiger partial charge in [-0.2, -0.15) is 0 Å². The molecule has 0 aliphatic heterocycles. The molecule has 0 aromatic heterocycles. The Hall–Kier alpha value is -0.120. The molecule has 1 atom stereocenters. The number of nitrogens with zero attached hydrogens (tertiary/aromatic N) is 1. The van der Waals surface area contributed by atoms with Crippen LogP contribution in [0.4, 0.5) is 0 Å².